The fourth-order valence-electron chi connectivity index (χ4n) is 1.09. The number of hydrogen-bond donors (Lipinski definition) is 3. The van der Waals surface area contributed by atoms with E-state index in [-0.39, 0.29) is 17.9 Å². The number of nitrogens with one attached hydrogen (secondary N) is 1. The zero-order valence-corrected chi connectivity index (χ0v) is 8.83. The summed E-state index contributed by atoms with van der Waals surface area (Å²) in [6.45, 7) is 0. The number of carbonyl (C=O) groups excluding carboxylic acids is 1. The van der Waals surface area contributed by atoms with Crippen molar-refractivity contribution < 1.29 is 14.7 Å². The summed E-state index contributed by atoms with van der Waals surface area (Å²) in [6, 6.07) is 6.28. The van der Waals surface area contributed by atoms with Gasteiger partial charge in [0, 0.05) is 6.42 Å². The number of carboxylic acid groups (broad SMARTS) is 1. The Morgan fingerprint density at radius 3 is 2.60 bits per heavy atom. The van der Waals surface area contributed by atoms with Crippen LogP contribution in [0.25, 0.3) is 0 Å². The van der Waals surface area contributed by atoms with Gasteiger partial charge in [0.25, 0.3) is 0 Å². The van der Waals surface area contributed by atoms with E-state index in [1.165, 1.54) is 6.07 Å². The van der Waals surface area contributed by atoms with E-state index in [0.717, 1.165) is 0 Å². The van der Waals surface area contributed by atoms with Crippen LogP contribution in [-0.2, 0) is 4.79 Å². The van der Waals surface area contributed by atoms with Gasteiger partial charge >= 0.3 is 5.97 Å². The molecule has 0 aliphatic heterocycles. The van der Waals surface area contributed by atoms with Gasteiger partial charge in [-0.2, -0.15) is 12.6 Å². The van der Waals surface area contributed by atoms with E-state index in [1.807, 2.05) is 0 Å². The Morgan fingerprint density at radius 2 is 2.00 bits per heavy atom. The molecule has 0 saturated carbocycles. The van der Waals surface area contributed by atoms with Crippen LogP contribution in [0.15, 0.2) is 24.3 Å². The third-order valence-electron chi connectivity index (χ3n) is 1.77. The van der Waals surface area contributed by atoms with Crippen molar-refractivity contribution in [2.45, 2.75) is 6.42 Å². The normalized spacial score (nSPS) is 9.67. The van der Waals surface area contributed by atoms with E-state index in [0.29, 0.717) is 11.4 Å². The molecule has 1 aromatic rings. The minimum atomic E-state index is -1.06. The van der Waals surface area contributed by atoms with Crippen molar-refractivity contribution in [1.29, 1.82) is 0 Å². The maximum Gasteiger partial charge on any atom is 0.337 e. The number of rotatable bonds is 4. The first-order valence-corrected chi connectivity index (χ1v) is 5.01. The van der Waals surface area contributed by atoms with Crippen LogP contribution in [0.2, 0.25) is 0 Å². The lowest BCUT2D eigenvalue weighted by molar-refractivity contribution is -0.115. The van der Waals surface area contributed by atoms with E-state index in [1.54, 1.807) is 18.2 Å². The number of hydrogen-bond acceptors (Lipinski definition) is 3. The predicted octanol–water partition coefficient (Wildman–Crippen LogP) is 1.64. The highest BCUT2D eigenvalue weighted by Gasteiger charge is 2.10. The molecule has 0 spiro atoms. The van der Waals surface area contributed by atoms with Gasteiger partial charge in [0.1, 0.15) is 0 Å². The highest BCUT2D eigenvalue weighted by molar-refractivity contribution is 7.80. The molecule has 0 aliphatic rings. The molecular weight excluding hydrogens is 214 g/mol. The van der Waals surface area contributed by atoms with Crippen molar-refractivity contribution in [3.63, 3.8) is 0 Å². The molecule has 0 unspecified atom stereocenters. The van der Waals surface area contributed by atoms with Crippen LogP contribution in [0.1, 0.15) is 16.8 Å². The number of aromatic carboxylic acids is 1. The number of carbonyl (C=O) groups is 2. The summed E-state index contributed by atoms with van der Waals surface area (Å²) in [6.07, 6.45) is 0.261. The van der Waals surface area contributed by atoms with E-state index >= 15 is 0 Å². The van der Waals surface area contributed by atoms with Crippen molar-refractivity contribution in [1.82, 2.24) is 0 Å². The lowest BCUT2D eigenvalue weighted by Gasteiger charge is -2.06. The summed E-state index contributed by atoms with van der Waals surface area (Å²) in [4.78, 5) is 22.0. The van der Waals surface area contributed by atoms with E-state index in [4.69, 9.17) is 5.11 Å². The van der Waals surface area contributed by atoms with E-state index in [2.05, 4.69) is 17.9 Å². The Morgan fingerprint density at radius 1 is 1.33 bits per heavy atom. The number of carboxylic acids is 1. The molecule has 0 heterocycles. The molecule has 0 bridgehead atoms. The molecule has 5 heteroatoms. The van der Waals surface area contributed by atoms with Crippen LogP contribution in [0, 0.1) is 0 Å². The smallest absolute Gasteiger partial charge is 0.337 e. The first kappa shape index (κ1) is 11.6. The zero-order chi connectivity index (χ0) is 11.3. The van der Waals surface area contributed by atoms with Gasteiger partial charge in [-0.05, 0) is 17.9 Å². The molecule has 0 atom stereocenters. The summed E-state index contributed by atoms with van der Waals surface area (Å²) >= 11 is 3.92. The maximum absolute atomic E-state index is 11.2. The third-order valence-corrected chi connectivity index (χ3v) is 1.99. The Balaban J connectivity index is 2.84. The van der Waals surface area contributed by atoms with E-state index < -0.39 is 5.97 Å². The van der Waals surface area contributed by atoms with Gasteiger partial charge in [0.15, 0.2) is 0 Å². The van der Waals surface area contributed by atoms with Crippen molar-refractivity contribution in [2.24, 2.45) is 0 Å². The summed E-state index contributed by atoms with van der Waals surface area (Å²) in [5.41, 5.74) is 0.404. The summed E-state index contributed by atoms with van der Waals surface area (Å²) < 4.78 is 0. The highest BCUT2D eigenvalue weighted by atomic mass is 32.1. The quantitative estimate of drug-likeness (QED) is 0.682. The number of para-hydroxylation sites is 1. The van der Waals surface area contributed by atoms with Gasteiger partial charge in [0.05, 0.1) is 11.3 Å². The predicted molar refractivity (Wildman–Crippen MR) is 60.5 cm³/mol. The third kappa shape index (κ3) is 3.28. The van der Waals surface area contributed by atoms with Gasteiger partial charge < -0.3 is 10.4 Å². The minimum absolute atomic E-state index is 0.0880. The lowest BCUT2D eigenvalue weighted by Crippen LogP contribution is -2.14. The Kier molecular flexibility index (Phi) is 4.17. The van der Waals surface area contributed by atoms with Crippen LogP contribution < -0.4 is 5.32 Å². The molecule has 0 aliphatic carbocycles. The molecule has 4 nitrogen and oxygen atoms in total. The number of anilines is 1. The Labute approximate surface area is 92.7 Å². The van der Waals surface area contributed by atoms with Crippen molar-refractivity contribution >= 4 is 30.2 Å². The van der Waals surface area contributed by atoms with Crippen LogP contribution >= 0.6 is 12.6 Å². The monoisotopic (exact) mass is 225 g/mol. The topological polar surface area (TPSA) is 66.4 Å². The second-order valence-corrected chi connectivity index (χ2v) is 3.32. The van der Waals surface area contributed by atoms with Crippen LogP contribution in [0.4, 0.5) is 5.69 Å². The second-order valence-electron chi connectivity index (χ2n) is 2.87. The summed E-state index contributed by atoms with van der Waals surface area (Å²) in [7, 11) is 0. The largest absolute Gasteiger partial charge is 0.478 e. The molecule has 1 amide bonds. The Bertz CT molecular complexity index is 379. The number of benzene rings is 1. The molecule has 1 aromatic carbocycles. The molecule has 2 N–H and O–H groups in total. The minimum Gasteiger partial charge on any atom is -0.478 e. The summed E-state index contributed by atoms with van der Waals surface area (Å²) in [5, 5.41) is 11.4. The highest BCUT2D eigenvalue weighted by Crippen LogP contribution is 2.14. The van der Waals surface area contributed by atoms with Crippen molar-refractivity contribution in [2.75, 3.05) is 11.1 Å². The average Bonchev–Trinajstić information content (AvgIpc) is 2.18. The molecule has 15 heavy (non-hydrogen) atoms. The molecule has 0 saturated heterocycles. The standard InChI is InChI=1S/C10H11NO3S/c12-9(5-6-15)11-8-4-2-1-3-7(8)10(13)14/h1-4,15H,5-6H2,(H,11,12)(H,13,14). The van der Waals surface area contributed by atoms with Crippen molar-refractivity contribution in [3.8, 4) is 0 Å². The molecule has 1 rings (SSSR count). The Hall–Kier alpha value is -1.49. The van der Waals surface area contributed by atoms with Crippen LogP contribution in [-0.4, -0.2) is 22.7 Å². The molecule has 0 fully saturated rings. The van der Waals surface area contributed by atoms with Gasteiger partial charge in [-0.1, -0.05) is 12.1 Å². The molecule has 0 aromatic heterocycles. The molecule has 80 valence electrons. The lowest BCUT2D eigenvalue weighted by atomic mass is 10.2. The van der Waals surface area contributed by atoms with Crippen LogP contribution in [0.3, 0.4) is 0 Å². The van der Waals surface area contributed by atoms with Gasteiger partial charge in [-0.15, -0.1) is 0 Å². The first-order chi connectivity index (χ1) is 7.15. The molecule has 0 radical (unpaired) electrons. The summed E-state index contributed by atoms with van der Waals surface area (Å²) in [5.74, 6) is -0.864. The fourth-order valence-corrected chi connectivity index (χ4v) is 1.30. The molecular formula is C10H11NO3S. The van der Waals surface area contributed by atoms with E-state index in [9.17, 15) is 9.59 Å². The van der Waals surface area contributed by atoms with Gasteiger partial charge in [0.2, 0.25) is 5.91 Å². The number of amides is 1. The maximum atomic E-state index is 11.2. The second kappa shape index (κ2) is 5.41. The first-order valence-electron chi connectivity index (χ1n) is 4.38. The average molecular weight is 225 g/mol. The van der Waals surface area contributed by atoms with Crippen LogP contribution in [0.5, 0.6) is 0 Å². The number of thiol groups is 1. The zero-order valence-electron chi connectivity index (χ0n) is 7.93. The van der Waals surface area contributed by atoms with Gasteiger partial charge in [-0.3, -0.25) is 4.79 Å². The van der Waals surface area contributed by atoms with Crippen molar-refractivity contribution in [3.05, 3.63) is 29.8 Å². The van der Waals surface area contributed by atoms with Gasteiger partial charge in [-0.25, -0.2) is 4.79 Å². The SMILES string of the molecule is O=C(CCS)Nc1ccccc1C(=O)O. The fraction of sp³-hybridized carbons (Fsp3) is 0.200.